The fraction of sp³-hybridized carbons (Fsp3) is 0. The van der Waals surface area contributed by atoms with Crippen molar-refractivity contribution in [3.8, 4) is 0 Å². The van der Waals surface area contributed by atoms with Gasteiger partial charge in [-0.25, -0.2) is 0 Å². The van der Waals surface area contributed by atoms with E-state index in [1.54, 1.807) is 0 Å². The SMILES string of the molecule is O=S([O-])[O-].O=S([O-])[O-].O=S([O-])[O-].[Sc+3].[Sc+3]. The van der Waals surface area contributed by atoms with Gasteiger partial charge in [0.2, 0.25) is 0 Å². The third-order valence-electron chi connectivity index (χ3n) is 0. The molecule has 0 saturated carbocycles. The fourth-order valence-electron chi connectivity index (χ4n) is 0. The predicted octanol–water partition coefficient (Wildman–Crippen LogP) is -3.02. The molecule has 0 aliphatic carbocycles. The molecule has 14 heteroatoms. The van der Waals surface area contributed by atoms with Crippen LogP contribution in [0.3, 0.4) is 0 Å². The summed E-state index contributed by atoms with van der Waals surface area (Å²) >= 11 is -9.33. The fourth-order valence-corrected chi connectivity index (χ4v) is 0. The van der Waals surface area contributed by atoms with E-state index in [1.807, 2.05) is 0 Å². The average Bonchev–Trinajstić information content (AvgIpc) is 1.54. The normalized spacial score (nSPS) is 7.50. The van der Waals surface area contributed by atoms with Crippen molar-refractivity contribution in [3.05, 3.63) is 0 Å². The van der Waals surface area contributed by atoms with Gasteiger partial charge >= 0.3 is 51.7 Å². The summed E-state index contributed by atoms with van der Waals surface area (Å²) in [4.78, 5) is 0. The van der Waals surface area contributed by atoms with Crippen LogP contribution in [0, 0.1) is 0 Å². The van der Waals surface area contributed by atoms with Gasteiger partial charge < -0.3 is 27.3 Å². The maximum Gasteiger partial charge on any atom is 3.00 e. The Morgan fingerprint density at radius 1 is 0.500 bits per heavy atom. The van der Waals surface area contributed by atoms with Gasteiger partial charge in [0.05, 0.1) is 0 Å². The molecule has 0 unspecified atom stereocenters. The summed E-state index contributed by atoms with van der Waals surface area (Å²) in [5.74, 6) is 0. The summed E-state index contributed by atoms with van der Waals surface area (Å²) < 4.78 is 76.0. The van der Waals surface area contributed by atoms with Gasteiger partial charge in [-0.05, 0) is 0 Å². The van der Waals surface area contributed by atoms with E-state index in [0.29, 0.717) is 0 Å². The van der Waals surface area contributed by atoms with E-state index in [-0.39, 0.29) is 51.7 Å². The monoisotopic (exact) mass is 330 g/mol. The van der Waals surface area contributed by atoms with Crippen molar-refractivity contribution in [1.29, 1.82) is 0 Å². The Hall–Kier alpha value is 1.95. The van der Waals surface area contributed by atoms with Crippen molar-refractivity contribution < 1.29 is 91.6 Å². The summed E-state index contributed by atoms with van der Waals surface area (Å²) in [6, 6.07) is 0. The Morgan fingerprint density at radius 2 is 0.500 bits per heavy atom. The summed E-state index contributed by atoms with van der Waals surface area (Å²) in [6.45, 7) is 0. The van der Waals surface area contributed by atoms with Crippen LogP contribution < -0.4 is 0 Å². The van der Waals surface area contributed by atoms with E-state index in [0.717, 1.165) is 0 Å². The van der Waals surface area contributed by atoms with Gasteiger partial charge in [-0.15, -0.1) is 34.1 Å². The second kappa shape index (κ2) is 24.3. The van der Waals surface area contributed by atoms with Gasteiger partial charge in [-0.1, -0.05) is 0 Å². The second-order valence-electron chi connectivity index (χ2n) is 0.612. The number of hydrogen-bond acceptors (Lipinski definition) is 9. The Kier molecular flexibility index (Phi) is 51.5. The summed E-state index contributed by atoms with van der Waals surface area (Å²) in [5.41, 5.74) is 0. The molecule has 0 aliphatic heterocycles. The van der Waals surface area contributed by atoms with E-state index in [2.05, 4.69) is 0 Å². The predicted molar refractivity (Wildman–Crippen MR) is 29.1 cm³/mol. The Labute approximate surface area is 124 Å². The largest absolute Gasteiger partial charge is 3.00 e. The van der Waals surface area contributed by atoms with E-state index in [1.165, 1.54) is 0 Å². The minimum absolute atomic E-state index is 0. The van der Waals surface area contributed by atoms with Gasteiger partial charge in [0.1, 0.15) is 0 Å². The van der Waals surface area contributed by atoms with Crippen LogP contribution >= 0.6 is 0 Å². The molecule has 14 heavy (non-hydrogen) atoms. The quantitative estimate of drug-likeness (QED) is 0.416. The topological polar surface area (TPSA) is 190 Å². The van der Waals surface area contributed by atoms with Crippen LogP contribution in [0.1, 0.15) is 0 Å². The van der Waals surface area contributed by atoms with Crippen LogP contribution in [0.25, 0.3) is 0 Å². The molecule has 9 nitrogen and oxygen atoms in total. The molecule has 78 valence electrons. The van der Waals surface area contributed by atoms with Gasteiger partial charge in [0, 0.05) is 0 Å². The molecule has 0 fully saturated rings. The Bertz CT molecular complexity index is 116. The van der Waals surface area contributed by atoms with Crippen LogP contribution in [0.15, 0.2) is 0 Å². The maximum absolute atomic E-state index is 8.44. The molecule has 0 spiro atoms. The molecular formula is O9S3Sc2. The molecule has 0 heterocycles. The second-order valence-corrected chi connectivity index (χ2v) is 1.84. The third kappa shape index (κ3) is 615. The molecule has 0 aromatic rings. The zero-order chi connectivity index (χ0) is 10.7. The van der Waals surface area contributed by atoms with Gasteiger partial charge in [0.15, 0.2) is 0 Å². The van der Waals surface area contributed by atoms with Gasteiger partial charge in [-0.2, -0.15) is 0 Å². The van der Waals surface area contributed by atoms with Crippen molar-refractivity contribution in [1.82, 2.24) is 0 Å². The summed E-state index contributed by atoms with van der Waals surface area (Å²) in [5, 5.41) is 0. The number of hydrogen-bond donors (Lipinski definition) is 0. The van der Waals surface area contributed by atoms with Crippen molar-refractivity contribution in [2.45, 2.75) is 0 Å². The van der Waals surface area contributed by atoms with Crippen LogP contribution in [0.5, 0.6) is 0 Å². The van der Waals surface area contributed by atoms with Crippen molar-refractivity contribution >= 4 is 34.1 Å². The molecule has 0 bridgehead atoms. The van der Waals surface area contributed by atoms with Crippen molar-refractivity contribution in [2.24, 2.45) is 0 Å². The third-order valence-corrected chi connectivity index (χ3v) is 0. The van der Waals surface area contributed by atoms with E-state index >= 15 is 0 Å². The van der Waals surface area contributed by atoms with Gasteiger partial charge in [-0.3, -0.25) is 12.6 Å². The molecule has 0 N–H and O–H groups in total. The molecule has 0 aromatic carbocycles. The molecule has 0 aliphatic rings. The maximum atomic E-state index is 8.44. The minimum Gasteiger partial charge on any atom is -0.784 e. The Balaban J connectivity index is -0.0000000270. The first-order valence-corrected chi connectivity index (χ1v) is 4.50. The molecule has 0 atom stereocenters. The zero-order valence-corrected chi connectivity index (χ0v) is 12.1. The standard InChI is InChI=1S/3H2O3S.2Sc/c3*1-4(2)3;;/h3*(H2,1,2,3);;/q;;;2*+3/p-6. The van der Waals surface area contributed by atoms with E-state index in [9.17, 15) is 0 Å². The van der Waals surface area contributed by atoms with Crippen LogP contribution in [0.4, 0.5) is 0 Å². The zero-order valence-electron chi connectivity index (χ0n) is 6.05. The van der Waals surface area contributed by atoms with Crippen LogP contribution in [-0.2, 0) is 85.8 Å². The Morgan fingerprint density at radius 3 is 0.500 bits per heavy atom. The molecule has 0 amide bonds. The van der Waals surface area contributed by atoms with Crippen LogP contribution in [-0.4, -0.2) is 39.9 Å². The average molecular weight is 330 g/mol. The van der Waals surface area contributed by atoms with E-state index in [4.69, 9.17) is 39.9 Å². The summed E-state index contributed by atoms with van der Waals surface area (Å²) in [7, 11) is 0. The van der Waals surface area contributed by atoms with Crippen molar-refractivity contribution in [3.63, 3.8) is 0 Å². The summed E-state index contributed by atoms with van der Waals surface area (Å²) in [6.07, 6.45) is 0. The minimum atomic E-state index is -3.11. The van der Waals surface area contributed by atoms with E-state index < -0.39 is 34.1 Å². The number of rotatable bonds is 0. The molecule has 0 saturated heterocycles. The first-order chi connectivity index (χ1) is 5.20. The smallest absolute Gasteiger partial charge is 0.784 e. The van der Waals surface area contributed by atoms with Gasteiger partial charge in [0.25, 0.3) is 0 Å². The molecule has 0 aromatic heterocycles. The first-order valence-electron chi connectivity index (χ1n) is 1.50. The molecule has 0 radical (unpaired) electrons. The van der Waals surface area contributed by atoms with Crippen LogP contribution in [0.2, 0.25) is 0 Å². The first kappa shape index (κ1) is 29.7. The molecule has 0 rings (SSSR count). The molecular weight excluding hydrogens is 330 g/mol. The van der Waals surface area contributed by atoms with Crippen molar-refractivity contribution in [2.75, 3.05) is 0 Å².